The number of anilines is 3. The Kier molecular flexibility index (Phi) is 7.69. The van der Waals surface area contributed by atoms with Gasteiger partial charge in [0.1, 0.15) is 0 Å². The maximum Gasteiger partial charge on any atom is 0.0819 e. The lowest BCUT2D eigenvalue weighted by Gasteiger charge is -2.29. The molecule has 0 aliphatic heterocycles. The number of hydrogen-bond acceptors (Lipinski definition) is 2. The van der Waals surface area contributed by atoms with Gasteiger partial charge in [-0.2, -0.15) is 0 Å². The number of thiophene rings is 1. The first-order chi connectivity index (χ1) is 29.3. The summed E-state index contributed by atoms with van der Waals surface area (Å²) in [4.78, 5) is 3.83. The third kappa shape index (κ3) is 5.03. The van der Waals surface area contributed by atoms with Gasteiger partial charge < -0.3 is 4.90 Å². The van der Waals surface area contributed by atoms with Crippen molar-refractivity contribution in [2.75, 3.05) is 4.90 Å². The molecule has 0 bridgehead atoms. The lowest BCUT2D eigenvalue weighted by molar-refractivity contribution is 0.812. The summed E-state index contributed by atoms with van der Waals surface area (Å²) in [6.07, 6.45) is 0. The molecule has 2 heteroatoms. The molecule has 2 aliphatic rings. The van der Waals surface area contributed by atoms with Crippen LogP contribution in [0.15, 0.2) is 224 Å². The second-order valence-electron chi connectivity index (χ2n) is 15.6. The molecule has 9 aromatic carbocycles. The first-order valence-electron chi connectivity index (χ1n) is 20.3. The molecule has 1 aromatic heterocycles. The zero-order valence-corrected chi connectivity index (χ0v) is 33.0. The average molecular weight is 768 g/mol. The van der Waals surface area contributed by atoms with E-state index in [1.165, 1.54) is 87.3 Å². The zero-order valence-electron chi connectivity index (χ0n) is 32.2. The summed E-state index contributed by atoms with van der Waals surface area (Å²) < 4.78 is 1.33. The van der Waals surface area contributed by atoms with E-state index in [9.17, 15) is 0 Å². The highest BCUT2D eigenvalue weighted by atomic mass is 32.1. The van der Waals surface area contributed by atoms with Gasteiger partial charge in [0, 0.05) is 37.5 Å². The van der Waals surface area contributed by atoms with E-state index in [4.69, 9.17) is 0 Å². The van der Waals surface area contributed by atoms with Crippen LogP contribution in [0.3, 0.4) is 0 Å². The molecule has 0 saturated carbocycles. The third-order valence-electron chi connectivity index (χ3n) is 12.5. The van der Waals surface area contributed by atoms with Crippen molar-refractivity contribution in [3.05, 3.63) is 246 Å². The van der Waals surface area contributed by atoms with Crippen LogP contribution in [-0.4, -0.2) is 0 Å². The van der Waals surface area contributed by atoms with E-state index in [-0.39, 0.29) is 5.41 Å². The second kappa shape index (κ2) is 13.4. The fourth-order valence-corrected chi connectivity index (χ4v) is 11.4. The van der Waals surface area contributed by atoms with E-state index in [2.05, 4.69) is 229 Å². The van der Waals surface area contributed by atoms with Crippen LogP contribution >= 0.6 is 11.3 Å². The Bertz CT molecular complexity index is 3150. The zero-order chi connectivity index (χ0) is 38.9. The topological polar surface area (TPSA) is 3.24 Å². The van der Waals surface area contributed by atoms with Gasteiger partial charge in [-0.15, -0.1) is 11.3 Å². The van der Waals surface area contributed by atoms with Gasteiger partial charge in [-0.3, -0.25) is 0 Å². The van der Waals surface area contributed by atoms with Crippen LogP contribution in [0.5, 0.6) is 0 Å². The van der Waals surface area contributed by atoms with Crippen LogP contribution in [0, 0.1) is 0 Å². The standard InChI is InChI=1S/C57H37NS/c1-3-16-38(17-4-1)39-30-34-42(35-31-39)58(52-28-13-9-20-44(52)40-18-5-2-6-19-40)43-36-32-41(33-37-43)45-24-15-27-51-54(45)55-48-23-10-14-29-53(48)59-56(55)57(51)49-25-11-7-21-46(49)47-22-8-12-26-50(47)57/h1-37H. The molecule has 0 amide bonds. The number of para-hydroxylation sites is 1. The predicted molar refractivity (Wildman–Crippen MR) is 249 cm³/mol. The maximum atomic E-state index is 2.40. The fourth-order valence-electron chi connectivity index (χ4n) is 10.0. The normalized spacial score (nSPS) is 12.9. The van der Waals surface area contributed by atoms with Crippen LogP contribution in [0.2, 0.25) is 0 Å². The highest BCUT2D eigenvalue weighted by Gasteiger charge is 2.53. The summed E-state index contributed by atoms with van der Waals surface area (Å²) in [5, 5.41) is 1.33. The van der Waals surface area contributed by atoms with Gasteiger partial charge in [0.2, 0.25) is 0 Å². The molecule has 0 N–H and O–H groups in total. The first kappa shape index (κ1) is 33.8. The number of rotatable bonds is 6. The first-order valence-corrected chi connectivity index (χ1v) is 21.2. The monoisotopic (exact) mass is 767 g/mol. The fraction of sp³-hybridized carbons (Fsp3) is 0.0175. The minimum atomic E-state index is -0.374. The summed E-state index contributed by atoms with van der Waals surface area (Å²) in [6.45, 7) is 0. The number of benzene rings is 9. The molecule has 1 nitrogen and oxygen atoms in total. The smallest absolute Gasteiger partial charge is 0.0819 e. The van der Waals surface area contributed by atoms with Crippen molar-refractivity contribution in [1.29, 1.82) is 0 Å². The third-order valence-corrected chi connectivity index (χ3v) is 13.8. The quantitative estimate of drug-likeness (QED) is 0.163. The minimum absolute atomic E-state index is 0.374. The summed E-state index contributed by atoms with van der Waals surface area (Å²) in [5.41, 5.74) is 19.8. The summed E-state index contributed by atoms with van der Waals surface area (Å²) in [6, 6.07) is 82.5. The second-order valence-corrected chi connectivity index (χ2v) is 16.6. The van der Waals surface area contributed by atoms with Gasteiger partial charge in [-0.1, -0.05) is 188 Å². The Labute approximate surface area is 348 Å². The van der Waals surface area contributed by atoms with Gasteiger partial charge >= 0.3 is 0 Å². The minimum Gasteiger partial charge on any atom is -0.310 e. The highest BCUT2D eigenvalue weighted by molar-refractivity contribution is 7.20. The number of hydrogen-bond donors (Lipinski definition) is 0. The predicted octanol–water partition coefficient (Wildman–Crippen LogP) is 15.7. The lowest BCUT2D eigenvalue weighted by Crippen LogP contribution is -2.24. The summed E-state index contributed by atoms with van der Waals surface area (Å²) >= 11 is 1.96. The van der Waals surface area contributed by atoms with Gasteiger partial charge in [-0.25, -0.2) is 0 Å². The summed E-state index contributed by atoms with van der Waals surface area (Å²) in [7, 11) is 0. The van der Waals surface area contributed by atoms with Gasteiger partial charge in [0.05, 0.1) is 11.1 Å². The molecule has 0 unspecified atom stereocenters. The van der Waals surface area contributed by atoms with Crippen LogP contribution in [0.25, 0.3) is 65.7 Å². The van der Waals surface area contributed by atoms with E-state index in [1.54, 1.807) is 0 Å². The van der Waals surface area contributed by atoms with Gasteiger partial charge in [-0.05, 0) is 97.6 Å². The van der Waals surface area contributed by atoms with E-state index in [1.807, 2.05) is 11.3 Å². The number of nitrogens with zero attached hydrogens (tertiary/aromatic N) is 1. The molecule has 1 spiro atoms. The van der Waals surface area contributed by atoms with Crippen molar-refractivity contribution in [2.45, 2.75) is 5.41 Å². The van der Waals surface area contributed by atoms with E-state index in [0.717, 1.165) is 17.1 Å². The average Bonchev–Trinajstić information content (AvgIpc) is 3.94. The Morgan fingerprint density at radius 2 is 0.797 bits per heavy atom. The van der Waals surface area contributed by atoms with Gasteiger partial charge in [0.15, 0.2) is 0 Å². The maximum absolute atomic E-state index is 2.40. The molecule has 10 aromatic rings. The molecule has 0 radical (unpaired) electrons. The summed E-state index contributed by atoms with van der Waals surface area (Å²) in [5.74, 6) is 0. The van der Waals surface area contributed by atoms with Crippen molar-refractivity contribution < 1.29 is 0 Å². The van der Waals surface area contributed by atoms with Crippen molar-refractivity contribution in [3.8, 4) is 55.6 Å². The molecule has 12 rings (SSSR count). The van der Waals surface area contributed by atoms with E-state index < -0.39 is 0 Å². The highest BCUT2D eigenvalue weighted by Crippen LogP contribution is 2.67. The molecular formula is C57H37NS. The van der Waals surface area contributed by atoms with Crippen LogP contribution in [0.4, 0.5) is 17.1 Å². The van der Waals surface area contributed by atoms with Crippen molar-refractivity contribution in [3.63, 3.8) is 0 Å². The largest absolute Gasteiger partial charge is 0.310 e. The molecule has 0 atom stereocenters. The van der Waals surface area contributed by atoms with Crippen molar-refractivity contribution in [1.82, 2.24) is 0 Å². The Balaban J connectivity index is 1.04. The van der Waals surface area contributed by atoms with E-state index in [0.29, 0.717) is 0 Å². The molecule has 276 valence electrons. The van der Waals surface area contributed by atoms with Gasteiger partial charge in [0.25, 0.3) is 0 Å². The van der Waals surface area contributed by atoms with Crippen molar-refractivity contribution >= 4 is 38.5 Å². The van der Waals surface area contributed by atoms with Crippen molar-refractivity contribution in [2.24, 2.45) is 0 Å². The molecule has 0 saturated heterocycles. The lowest BCUT2D eigenvalue weighted by atomic mass is 9.73. The SMILES string of the molecule is c1ccc(-c2ccc(N(c3ccc(-c4cccc5c4-c4c(sc6ccccc46)C54c5ccccc5-c5ccccc54)cc3)c3ccccc3-c3ccccc3)cc2)cc1. The van der Waals surface area contributed by atoms with Crippen LogP contribution in [-0.2, 0) is 5.41 Å². The Morgan fingerprint density at radius 1 is 0.322 bits per heavy atom. The molecule has 1 heterocycles. The molecule has 59 heavy (non-hydrogen) atoms. The van der Waals surface area contributed by atoms with Crippen LogP contribution < -0.4 is 4.90 Å². The Hall–Kier alpha value is -7.26. The molecule has 2 aliphatic carbocycles. The van der Waals surface area contributed by atoms with Crippen LogP contribution in [0.1, 0.15) is 21.6 Å². The van der Waals surface area contributed by atoms with E-state index >= 15 is 0 Å². The molecule has 0 fully saturated rings. The molecular weight excluding hydrogens is 731 g/mol. The Morgan fingerprint density at radius 3 is 1.47 bits per heavy atom. The number of fused-ring (bicyclic) bond motifs is 12.